The SMILES string of the molecule is Cc1cccc2nc(COc3ccc(N)cc3)n(C)c12. The second-order valence-corrected chi connectivity index (χ2v) is 4.89. The van der Waals surface area contributed by atoms with Crippen LogP contribution in [0.2, 0.25) is 0 Å². The normalized spacial score (nSPS) is 10.9. The maximum Gasteiger partial charge on any atom is 0.147 e. The van der Waals surface area contributed by atoms with E-state index in [0.717, 1.165) is 28.3 Å². The van der Waals surface area contributed by atoms with E-state index in [4.69, 9.17) is 10.5 Å². The Morgan fingerprint density at radius 2 is 1.90 bits per heavy atom. The van der Waals surface area contributed by atoms with Gasteiger partial charge in [0, 0.05) is 12.7 Å². The third-order valence-electron chi connectivity index (χ3n) is 3.44. The van der Waals surface area contributed by atoms with Crippen LogP contribution in [-0.4, -0.2) is 9.55 Å². The van der Waals surface area contributed by atoms with Gasteiger partial charge < -0.3 is 15.0 Å². The molecule has 1 heterocycles. The van der Waals surface area contributed by atoms with Crippen LogP contribution in [0.4, 0.5) is 5.69 Å². The average Bonchev–Trinajstić information content (AvgIpc) is 2.76. The first-order valence-corrected chi connectivity index (χ1v) is 6.54. The fourth-order valence-corrected chi connectivity index (χ4v) is 2.35. The zero-order valence-electron chi connectivity index (χ0n) is 11.6. The molecule has 102 valence electrons. The molecule has 0 bridgehead atoms. The van der Waals surface area contributed by atoms with Gasteiger partial charge in [0.15, 0.2) is 0 Å². The van der Waals surface area contributed by atoms with E-state index in [1.54, 1.807) is 0 Å². The molecule has 0 aliphatic rings. The van der Waals surface area contributed by atoms with Crippen molar-refractivity contribution in [1.82, 2.24) is 9.55 Å². The van der Waals surface area contributed by atoms with Crippen LogP contribution < -0.4 is 10.5 Å². The fourth-order valence-electron chi connectivity index (χ4n) is 2.35. The van der Waals surface area contributed by atoms with Crippen molar-refractivity contribution in [3.05, 3.63) is 53.9 Å². The first kappa shape index (κ1) is 12.5. The van der Waals surface area contributed by atoms with Gasteiger partial charge in [-0.05, 0) is 42.8 Å². The summed E-state index contributed by atoms with van der Waals surface area (Å²) in [4.78, 5) is 4.62. The summed E-state index contributed by atoms with van der Waals surface area (Å²) in [5, 5.41) is 0. The van der Waals surface area contributed by atoms with Crippen molar-refractivity contribution in [2.45, 2.75) is 13.5 Å². The molecule has 3 aromatic rings. The van der Waals surface area contributed by atoms with E-state index < -0.39 is 0 Å². The van der Waals surface area contributed by atoms with Crippen LogP contribution in [0.1, 0.15) is 11.4 Å². The minimum absolute atomic E-state index is 0.439. The second-order valence-electron chi connectivity index (χ2n) is 4.89. The standard InChI is InChI=1S/C16H17N3O/c1-11-4-3-5-14-16(11)19(2)15(18-14)10-20-13-8-6-12(17)7-9-13/h3-9H,10,17H2,1-2H3. The van der Waals surface area contributed by atoms with Crippen molar-refractivity contribution in [3.8, 4) is 5.75 Å². The maximum absolute atomic E-state index is 5.76. The van der Waals surface area contributed by atoms with Crippen LogP contribution in [0.3, 0.4) is 0 Å². The Bertz CT molecular complexity index is 744. The number of nitrogen functional groups attached to an aromatic ring is 1. The first-order valence-electron chi connectivity index (χ1n) is 6.54. The van der Waals surface area contributed by atoms with Crippen molar-refractivity contribution < 1.29 is 4.74 Å². The molecule has 0 atom stereocenters. The number of hydrogen-bond donors (Lipinski definition) is 1. The number of aryl methyl sites for hydroxylation is 2. The summed E-state index contributed by atoms with van der Waals surface area (Å²) in [7, 11) is 2.02. The average molecular weight is 267 g/mol. The molecule has 0 saturated heterocycles. The highest BCUT2D eigenvalue weighted by Crippen LogP contribution is 2.20. The van der Waals surface area contributed by atoms with Crippen LogP contribution in [-0.2, 0) is 13.7 Å². The lowest BCUT2D eigenvalue weighted by molar-refractivity contribution is 0.292. The molecule has 0 saturated carbocycles. The van der Waals surface area contributed by atoms with Gasteiger partial charge in [0.2, 0.25) is 0 Å². The van der Waals surface area contributed by atoms with Crippen LogP contribution in [0.15, 0.2) is 42.5 Å². The quantitative estimate of drug-likeness (QED) is 0.742. The lowest BCUT2D eigenvalue weighted by Crippen LogP contribution is -2.03. The zero-order chi connectivity index (χ0) is 14.1. The minimum Gasteiger partial charge on any atom is -0.486 e. The van der Waals surface area contributed by atoms with Crippen LogP contribution in [0.5, 0.6) is 5.75 Å². The number of rotatable bonds is 3. The Kier molecular flexibility index (Phi) is 3.06. The molecule has 4 nitrogen and oxygen atoms in total. The molecule has 0 aliphatic heterocycles. The highest BCUT2D eigenvalue weighted by molar-refractivity contribution is 5.79. The number of nitrogens with two attached hydrogens (primary N) is 1. The number of para-hydroxylation sites is 1. The molecule has 20 heavy (non-hydrogen) atoms. The van der Waals surface area contributed by atoms with Gasteiger partial charge in [-0.1, -0.05) is 12.1 Å². The summed E-state index contributed by atoms with van der Waals surface area (Å²) >= 11 is 0. The molecule has 0 aliphatic carbocycles. The van der Waals surface area contributed by atoms with E-state index in [1.807, 2.05) is 43.4 Å². The molecule has 2 N–H and O–H groups in total. The lowest BCUT2D eigenvalue weighted by Gasteiger charge is -2.07. The monoisotopic (exact) mass is 267 g/mol. The largest absolute Gasteiger partial charge is 0.486 e. The molecule has 0 radical (unpaired) electrons. The molecule has 3 rings (SSSR count). The predicted octanol–water partition coefficient (Wildman–Crippen LogP) is 3.04. The molecule has 0 spiro atoms. The number of ether oxygens (including phenoxy) is 1. The summed E-state index contributed by atoms with van der Waals surface area (Å²) < 4.78 is 7.84. The molecule has 4 heteroatoms. The Hall–Kier alpha value is -2.49. The number of aromatic nitrogens is 2. The number of benzene rings is 2. The Morgan fingerprint density at radius 1 is 1.15 bits per heavy atom. The van der Waals surface area contributed by atoms with Crippen molar-refractivity contribution in [2.24, 2.45) is 7.05 Å². The molecular formula is C16H17N3O. The molecule has 2 aromatic carbocycles. The van der Waals surface area contributed by atoms with Gasteiger partial charge in [0.1, 0.15) is 18.2 Å². The maximum atomic E-state index is 5.76. The molecule has 0 unspecified atom stereocenters. The highest BCUT2D eigenvalue weighted by Gasteiger charge is 2.09. The number of anilines is 1. The van der Waals surface area contributed by atoms with Gasteiger partial charge in [0.25, 0.3) is 0 Å². The Morgan fingerprint density at radius 3 is 2.60 bits per heavy atom. The third kappa shape index (κ3) is 2.20. The molecule has 0 fully saturated rings. The van der Waals surface area contributed by atoms with Crippen molar-refractivity contribution in [2.75, 3.05) is 5.73 Å². The summed E-state index contributed by atoms with van der Waals surface area (Å²) in [6, 6.07) is 13.5. The van der Waals surface area contributed by atoms with Gasteiger partial charge >= 0.3 is 0 Å². The number of fused-ring (bicyclic) bond motifs is 1. The number of imidazole rings is 1. The van der Waals surface area contributed by atoms with Gasteiger partial charge in [0.05, 0.1) is 11.0 Å². The van der Waals surface area contributed by atoms with Crippen molar-refractivity contribution in [1.29, 1.82) is 0 Å². The van der Waals surface area contributed by atoms with Crippen molar-refractivity contribution >= 4 is 16.7 Å². The van der Waals surface area contributed by atoms with Crippen LogP contribution in [0.25, 0.3) is 11.0 Å². The topological polar surface area (TPSA) is 53.1 Å². The smallest absolute Gasteiger partial charge is 0.147 e. The van der Waals surface area contributed by atoms with Gasteiger partial charge in [-0.3, -0.25) is 0 Å². The zero-order valence-corrected chi connectivity index (χ0v) is 11.6. The highest BCUT2D eigenvalue weighted by atomic mass is 16.5. The van der Waals surface area contributed by atoms with Gasteiger partial charge in [-0.15, -0.1) is 0 Å². The first-order chi connectivity index (χ1) is 9.65. The van der Waals surface area contributed by atoms with E-state index in [2.05, 4.69) is 22.5 Å². The summed E-state index contributed by atoms with van der Waals surface area (Å²) in [5.41, 5.74) is 9.76. The Labute approximate surface area is 117 Å². The van der Waals surface area contributed by atoms with Crippen LogP contribution in [0, 0.1) is 6.92 Å². The molecule has 1 aromatic heterocycles. The summed E-state index contributed by atoms with van der Waals surface area (Å²) in [6.45, 7) is 2.53. The number of nitrogens with zero attached hydrogens (tertiary/aromatic N) is 2. The number of hydrogen-bond acceptors (Lipinski definition) is 3. The van der Waals surface area contributed by atoms with Gasteiger partial charge in [-0.2, -0.15) is 0 Å². The van der Waals surface area contributed by atoms with Gasteiger partial charge in [-0.25, -0.2) is 4.98 Å². The van der Waals surface area contributed by atoms with E-state index in [9.17, 15) is 0 Å². The Balaban J connectivity index is 1.86. The lowest BCUT2D eigenvalue weighted by atomic mass is 10.2. The second kappa shape index (κ2) is 4.89. The van der Waals surface area contributed by atoms with E-state index >= 15 is 0 Å². The fraction of sp³-hybridized carbons (Fsp3) is 0.188. The van der Waals surface area contributed by atoms with E-state index in [-0.39, 0.29) is 0 Å². The summed E-state index contributed by atoms with van der Waals surface area (Å²) in [5.74, 6) is 1.70. The summed E-state index contributed by atoms with van der Waals surface area (Å²) in [6.07, 6.45) is 0. The van der Waals surface area contributed by atoms with E-state index in [0.29, 0.717) is 6.61 Å². The molecular weight excluding hydrogens is 250 g/mol. The van der Waals surface area contributed by atoms with E-state index in [1.165, 1.54) is 5.56 Å². The predicted molar refractivity (Wildman–Crippen MR) is 80.6 cm³/mol. The minimum atomic E-state index is 0.439. The van der Waals surface area contributed by atoms with Crippen LogP contribution >= 0.6 is 0 Å². The van der Waals surface area contributed by atoms with Crippen molar-refractivity contribution in [3.63, 3.8) is 0 Å². The molecule has 0 amide bonds. The third-order valence-corrected chi connectivity index (χ3v) is 3.44.